The normalized spacial score (nSPS) is 13.8. The Morgan fingerprint density at radius 1 is 1.15 bits per heavy atom. The van der Waals surface area contributed by atoms with Crippen molar-refractivity contribution in [3.8, 4) is 23.0 Å². The van der Waals surface area contributed by atoms with Crippen LogP contribution in [0.25, 0.3) is 11.5 Å². The van der Waals surface area contributed by atoms with Gasteiger partial charge in [0.15, 0.2) is 18.2 Å². The fourth-order valence-corrected chi connectivity index (χ4v) is 3.18. The molecule has 0 bridgehead atoms. The molecule has 0 fully saturated rings. The molecule has 0 spiro atoms. The lowest BCUT2D eigenvalue weighted by molar-refractivity contribution is -0.917. The van der Waals surface area contributed by atoms with Crippen LogP contribution in [0.5, 0.6) is 11.5 Å². The number of nitrogens with zero attached hydrogens (tertiary/aromatic N) is 2. The van der Waals surface area contributed by atoms with Gasteiger partial charge in [-0.15, -0.1) is 5.10 Å². The van der Waals surface area contributed by atoms with Crippen molar-refractivity contribution in [2.24, 2.45) is 0 Å². The van der Waals surface area contributed by atoms with Crippen molar-refractivity contribution in [2.75, 3.05) is 13.8 Å². The average Bonchev–Trinajstić information content (AvgIpc) is 3.23. The van der Waals surface area contributed by atoms with Crippen LogP contribution in [0, 0.1) is 11.8 Å². The van der Waals surface area contributed by atoms with Gasteiger partial charge in [0.25, 0.3) is 4.84 Å². The van der Waals surface area contributed by atoms with Gasteiger partial charge in [-0.2, -0.15) is 4.68 Å². The Balaban J connectivity index is 1.52. The number of benzene rings is 2. The maximum atomic E-state index is 5.69. The monoisotopic (exact) mass is 370 g/mol. The van der Waals surface area contributed by atoms with Crippen LogP contribution in [0.4, 0.5) is 0 Å². The van der Waals surface area contributed by atoms with Crippen LogP contribution in [-0.4, -0.2) is 23.6 Å². The lowest BCUT2D eigenvalue weighted by Crippen LogP contribution is -3.07. The van der Waals surface area contributed by atoms with E-state index in [1.54, 1.807) is 4.68 Å². The van der Waals surface area contributed by atoms with E-state index in [0.717, 1.165) is 17.9 Å². The molecule has 0 amide bonds. The van der Waals surface area contributed by atoms with Crippen LogP contribution >= 0.6 is 12.2 Å². The largest absolute Gasteiger partial charge is 0.454 e. The first kappa shape index (κ1) is 16.8. The molecule has 2 heterocycles. The van der Waals surface area contributed by atoms with Crippen LogP contribution < -0.4 is 14.4 Å². The lowest BCUT2D eigenvalue weighted by Gasteiger charge is -2.14. The molecule has 7 heteroatoms. The summed E-state index contributed by atoms with van der Waals surface area (Å²) in [5.74, 6) is 1.91. The number of quaternary nitrogens is 1. The van der Waals surface area contributed by atoms with Crippen LogP contribution in [-0.2, 0) is 13.2 Å². The molecule has 1 aliphatic rings. The van der Waals surface area contributed by atoms with Gasteiger partial charge in [0.1, 0.15) is 6.54 Å². The zero-order valence-corrected chi connectivity index (χ0v) is 15.5. The zero-order valence-electron chi connectivity index (χ0n) is 14.7. The van der Waals surface area contributed by atoms with Crippen molar-refractivity contribution in [1.82, 2.24) is 9.78 Å². The summed E-state index contributed by atoms with van der Waals surface area (Å²) in [5.41, 5.74) is 3.42. The molecular formula is C19H20N3O3S+. The number of aryl methyl sites for hydroxylation is 1. The molecule has 1 atom stereocenters. The van der Waals surface area contributed by atoms with Gasteiger partial charge < -0.3 is 18.8 Å². The van der Waals surface area contributed by atoms with Crippen LogP contribution in [0.1, 0.15) is 11.1 Å². The minimum absolute atomic E-state index is 0.240. The molecule has 1 N–H and O–H groups in total. The van der Waals surface area contributed by atoms with Crippen molar-refractivity contribution >= 4 is 12.2 Å². The summed E-state index contributed by atoms with van der Waals surface area (Å²) in [4.78, 5) is 1.63. The molecule has 6 nitrogen and oxygen atoms in total. The first-order valence-electron chi connectivity index (χ1n) is 8.44. The summed E-state index contributed by atoms with van der Waals surface area (Å²) in [5, 5.41) is 4.54. The van der Waals surface area contributed by atoms with Gasteiger partial charge >= 0.3 is 0 Å². The maximum absolute atomic E-state index is 5.69. The topological polar surface area (TPSA) is 53.9 Å². The molecule has 0 saturated carbocycles. The Morgan fingerprint density at radius 2 is 1.96 bits per heavy atom. The second-order valence-electron chi connectivity index (χ2n) is 6.46. The SMILES string of the molecule is Cc1ccccc1C[NH+](C)Cn1nc(-c2ccc3c(c2)OCO3)oc1=S. The van der Waals surface area contributed by atoms with Gasteiger partial charge in [-0.25, -0.2) is 0 Å². The third-order valence-corrected chi connectivity index (χ3v) is 4.69. The van der Waals surface area contributed by atoms with Crippen molar-refractivity contribution in [2.45, 2.75) is 20.1 Å². The molecule has 3 aromatic rings. The van der Waals surface area contributed by atoms with E-state index in [0.29, 0.717) is 23.1 Å². The highest BCUT2D eigenvalue weighted by Crippen LogP contribution is 2.35. The second kappa shape index (κ2) is 6.93. The molecule has 26 heavy (non-hydrogen) atoms. The Labute approximate surface area is 156 Å². The van der Waals surface area contributed by atoms with E-state index < -0.39 is 0 Å². The lowest BCUT2D eigenvalue weighted by atomic mass is 10.1. The Kier molecular flexibility index (Phi) is 4.48. The van der Waals surface area contributed by atoms with E-state index in [1.807, 2.05) is 18.2 Å². The molecule has 134 valence electrons. The van der Waals surface area contributed by atoms with E-state index in [4.69, 9.17) is 26.1 Å². The highest BCUT2D eigenvalue weighted by atomic mass is 32.1. The number of rotatable bonds is 5. The van der Waals surface area contributed by atoms with Gasteiger partial charge in [0, 0.05) is 11.1 Å². The molecular weight excluding hydrogens is 350 g/mol. The Morgan fingerprint density at radius 3 is 2.81 bits per heavy atom. The molecule has 2 aromatic carbocycles. The number of nitrogens with one attached hydrogen (secondary N) is 1. The van der Waals surface area contributed by atoms with Gasteiger partial charge in [-0.05, 0) is 42.9 Å². The standard InChI is InChI=1S/C19H19N3O3S/c1-13-5-3-4-6-15(13)10-21(2)11-22-19(26)25-18(20-22)14-7-8-16-17(9-14)24-12-23-16/h3-9H,10-12H2,1-2H3/p+1. The van der Waals surface area contributed by atoms with Crippen LogP contribution in [0.15, 0.2) is 46.9 Å². The second-order valence-corrected chi connectivity index (χ2v) is 6.81. The van der Waals surface area contributed by atoms with E-state index in [2.05, 4.69) is 43.3 Å². The number of fused-ring (bicyclic) bond motifs is 1. The average molecular weight is 370 g/mol. The summed E-state index contributed by atoms with van der Waals surface area (Å²) in [6.45, 7) is 3.88. The van der Waals surface area contributed by atoms with E-state index in [1.165, 1.54) is 16.0 Å². The number of hydrogen-bond donors (Lipinski definition) is 1. The quantitative estimate of drug-likeness (QED) is 0.700. The minimum atomic E-state index is 0.240. The van der Waals surface area contributed by atoms with Gasteiger partial charge in [0.2, 0.25) is 12.7 Å². The van der Waals surface area contributed by atoms with Crippen molar-refractivity contribution < 1.29 is 18.8 Å². The molecule has 0 aliphatic carbocycles. The first-order chi connectivity index (χ1) is 12.6. The fraction of sp³-hybridized carbons (Fsp3) is 0.263. The molecule has 0 saturated heterocycles. The molecule has 1 aliphatic heterocycles. The van der Waals surface area contributed by atoms with Gasteiger partial charge in [-0.3, -0.25) is 0 Å². The predicted octanol–water partition coefficient (Wildman–Crippen LogP) is 2.58. The minimum Gasteiger partial charge on any atom is -0.454 e. The zero-order chi connectivity index (χ0) is 18.1. The number of hydrogen-bond acceptors (Lipinski definition) is 5. The summed E-state index contributed by atoms with van der Waals surface area (Å²) in [6, 6.07) is 14.0. The summed E-state index contributed by atoms with van der Waals surface area (Å²) in [6.07, 6.45) is 0. The van der Waals surface area contributed by atoms with Crippen molar-refractivity contribution in [3.63, 3.8) is 0 Å². The Bertz CT molecular complexity index is 996. The first-order valence-corrected chi connectivity index (χ1v) is 8.85. The van der Waals surface area contributed by atoms with Gasteiger partial charge in [-0.1, -0.05) is 24.3 Å². The van der Waals surface area contributed by atoms with E-state index in [-0.39, 0.29) is 6.79 Å². The molecule has 0 radical (unpaired) electrons. The number of aromatic nitrogens is 2. The molecule has 1 unspecified atom stereocenters. The van der Waals surface area contributed by atoms with E-state index >= 15 is 0 Å². The summed E-state index contributed by atoms with van der Waals surface area (Å²) in [7, 11) is 2.11. The highest BCUT2D eigenvalue weighted by Gasteiger charge is 2.17. The fourth-order valence-electron chi connectivity index (χ4n) is 3.00. The third-order valence-electron chi connectivity index (χ3n) is 4.40. The molecule has 4 rings (SSSR count). The van der Waals surface area contributed by atoms with Crippen LogP contribution in [0.2, 0.25) is 0 Å². The van der Waals surface area contributed by atoms with Crippen LogP contribution in [0.3, 0.4) is 0 Å². The number of ether oxygens (including phenoxy) is 2. The maximum Gasteiger partial charge on any atom is 0.292 e. The highest BCUT2D eigenvalue weighted by molar-refractivity contribution is 7.71. The predicted molar refractivity (Wildman–Crippen MR) is 98.7 cm³/mol. The van der Waals surface area contributed by atoms with Gasteiger partial charge in [0.05, 0.1) is 7.05 Å². The summed E-state index contributed by atoms with van der Waals surface area (Å²) < 4.78 is 18.2. The smallest absolute Gasteiger partial charge is 0.292 e. The van der Waals surface area contributed by atoms with Crippen molar-refractivity contribution in [3.05, 3.63) is 58.4 Å². The summed E-state index contributed by atoms with van der Waals surface area (Å²) >= 11 is 5.35. The Hall–Kier alpha value is -2.64. The van der Waals surface area contributed by atoms with E-state index in [9.17, 15) is 0 Å². The molecule has 1 aromatic heterocycles. The van der Waals surface area contributed by atoms with Crippen molar-refractivity contribution in [1.29, 1.82) is 0 Å². The third kappa shape index (κ3) is 3.36.